The zero-order chi connectivity index (χ0) is 17.6. The van der Waals surface area contributed by atoms with E-state index in [4.69, 9.17) is 17.3 Å². The van der Waals surface area contributed by atoms with Gasteiger partial charge in [0.1, 0.15) is 11.6 Å². The van der Waals surface area contributed by atoms with Gasteiger partial charge in [-0.15, -0.1) is 0 Å². The highest BCUT2D eigenvalue weighted by Crippen LogP contribution is 2.22. The van der Waals surface area contributed by atoms with Gasteiger partial charge in [-0.25, -0.2) is 9.97 Å². The topological polar surface area (TPSA) is 67.1 Å². The minimum absolute atomic E-state index is 0.509. The van der Waals surface area contributed by atoms with Gasteiger partial charge in [0.15, 0.2) is 0 Å². The van der Waals surface area contributed by atoms with Crippen LogP contribution in [0.15, 0.2) is 30.5 Å². The molecule has 0 saturated carbocycles. The van der Waals surface area contributed by atoms with Crippen molar-refractivity contribution >= 4 is 17.4 Å². The Hall–Kier alpha value is -1.69. The van der Waals surface area contributed by atoms with Crippen LogP contribution >= 0.6 is 11.6 Å². The second-order valence-corrected chi connectivity index (χ2v) is 7.14. The van der Waals surface area contributed by atoms with E-state index in [9.17, 15) is 0 Å². The molecule has 1 saturated heterocycles. The lowest BCUT2D eigenvalue weighted by Crippen LogP contribution is -2.35. The summed E-state index contributed by atoms with van der Waals surface area (Å²) >= 11 is 6.12. The standard InChI is InChI=1S/C19H26ClN5/c1-14-11-16(20)5-4-15(14)12-25(17-3-2-8-22-9-6-17)13-19-23-10-7-18(21)24-19/h4-5,7,10-11,17,22H,2-3,6,8-9,12-13H2,1H3,(H2,21,23,24)/t17-/m1/s1. The molecule has 0 bridgehead atoms. The predicted octanol–water partition coefficient (Wildman–Crippen LogP) is 3.16. The van der Waals surface area contributed by atoms with Crippen molar-refractivity contribution in [2.45, 2.75) is 45.3 Å². The van der Waals surface area contributed by atoms with Gasteiger partial charge in [0.2, 0.25) is 0 Å². The summed E-state index contributed by atoms with van der Waals surface area (Å²) in [5, 5.41) is 4.28. The Balaban J connectivity index is 1.82. The van der Waals surface area contributed by atoms with Crippen LogP contribution in [0.5, 0.6) is 0 Å². The molecular formula is C19H26ClN5. The fourth-order valence-electron chi connectivity index (χ4n) is 3.41. The van der Waals surface area contributed by atoms with Gasteiger partial charge in [-0.05, 0) is 68.6 Å². The summed E-state index contributed by atoms with van der Waals surface area (Å²) < 4.78 is 0. The van der Waals surface area contributed by atoms with Crippen LogP contribution in [0, 0.1) is 6.92 Å². The van der Waals surface area contributed by atoms with Crippen molar-refractivity contribution in [2.75, 3.05) is 18.8 Å². The monoisotopic (exact) mass is 359 g/mol. The fraction of sp³-hybridized carbons (Fsp3) is 0.474. The van der Waals surface area contributed by atoms with E-state index in [0.717, 1.165) is 36.9 Å². The van der Waals surface area contributed by atoms with E-state index >= 15 is 0 Å². The summed E-state index contributed by atoms with van der Waals surface area (Å²) in [7, 11) is 0. The molecule has 3 rings (SSSR count). The number of hydrogen-bond donors (Lipinski definition) is 2. The Labute approximate surface area is 154 Å². The van der Waals surface area contributed by atoms with E-state index < -0.39 is 0 Å². The summed E-state index contributed by atoms with van der Waals surface area (Å²) in [6, 6.07) is 8.36. The van der Waals surface area contributed by atoms with Gasteiger partial charge in [0.05, 0.1) is 6.54 Å². The Morgan fingerprint density at radius 1 is 1.24 bits per heavy atom. The molecule has 6 heteroatoms. The minimum atomic E-state index is 0.509. The molecule has 1 aliphatic heterocycles. The third-order valence-electron chi connectivity index (χ3n) is 4.81. The van der Waals surface area contributed by atoms with Gasteiger partial charge in [0, 0.05) is 23.8 Å². The maximum atomic E-state index is 6.12. The molecule has 1 atom stereocenters. The molecule has 2 aromatic rings. The number of nitrogen functional groups attached to an aromatic ring is 1. The lowest BCUT2D eigenvalue weighted by atomic mass is 10.0. The van der Waals surface area contributed by atoms with Gasteiger partial charge in [-0.2, -0.15) is 0 Å². The third kappa shape index (κ3) is 5.14. The molecule has 0 radical (unpaired) electrons. The van der Waals surface area contributed by atoms with Crippen LogP contribution in [-0.2, 0) is 13.1 Å². The fourth-order valence-corrected chi connectivity index (χ4v) is 3.63. The molecule has 3 N–H and O–H groups in total. The van der Waals surface area contributed by atoms with Crippen LogP contribution < -0.4 is 11.1 Å². The highest BCUT2D eigenvalue weighted by molar-refractivity contribution is 6.30. The number of nitrogens with one attached hydrogen (secondary N) is 1. The third-order valence-corrected chi connectivity index (χ3v) is 5.05. The summed E-state index contributed by atoms with van der Waals surface area (Å²) in [4.78, 5) is 11.3. The first-order valence-corrected chi connectivity index (χ1v) is 9.27. The lowest BCUT2D eigenvalue weighted by Gasteiger charge is -2.31. The number of hydrogen-bond acceptors (Lipinski definition) is 5. The van der Waals surface area contributed by atoms with E-state index in [1.165, 1.54) is 24.0 Å². The SMILES string of the molecule is Cc1cc(Cl)ccc1CN(Cc1nccc(N)n1)[C@@H]1CCCNCC1. The molecule has 5 nitrogen and oxygen atoms in total. The summed E-state index contributed by atoms with van der Waals surface area (Å²) in [5.41, 5.74) is 8.35. The first kappa shape index (κ1) is 18.1. The highest BCUT2D eigenvalue weighted by Gasteiger charge is 2.22. The van der Waals surface area contributed by atoms with E-state index in [0.29, 0.717) is 18.4 Å². The van der Waals surface area contributed by atoms with Crippen molar-refractivity contribution in [3.63, 3.8) is 0 Å². The largest absolute Gasteiger partial charge is 0.384 e. The first-order valence-electron chi connectivity index (χ1n) is 8.89. The molecule has 1 aromatic carbocycles. The zero-order valence-corrected chi connectivity index (χ0v) is 15.5. The van der Waals surface area contributed by atoms with Crippen LogP contribution in [-0.4, -0.2) is 34.0 Å². The predicted molar refractivity (Wildman–Crippen MR) is 102 cm³/mol. The average molecular weight is 360 g/mol. The van der Waals surface area contributed by atoms with Gasteiger partial charge >= 0.3 is 0 Å². The summed E-state index contributed by atoms with van der Waals surface area (Å²) in [6.07, 6.45) is 5.24. The van der Waals surface area contributed by atoms with E-state index in [1.54, 1.807) is 12.3 Å². The van der Waals surface area contributed by atoms with Crippen LogP contribution in [0.4, 0.5) is 5.82 Å². The highest BCUT2D eigenvalue weighted by atomic mass is 35.5. The van der Waals surface area contributed by atoms with Crippen molar-refractivity contribution < 1.29 is 0 Å². The Morgan fingerprint density at radius 2 is 2.12 bits per heavy atom. The van der Waals surface area contributed by atoms with Gasteiger partial charge < -0.3 is 11.1 Å². The lowest BCUT2D eigenvalue weighted by molar-refractivity contribution is 0.160. The molecule has 25 heavy (non-hydrogen) atoms. The zero-order valence-electron chi connectivity index (χ0n) is 14.7. The van der Waals surface area contributed by atoms with Crippen molar-refractivity contribution in [2.24, 2.45) is 0 Å². The van der Waals surface area contributed by atoms with Crippen LogP contribution in [0.1, 0.15) is 36.2 Å². The van der Waals surface area contributed by atoms with E-state index in [2.05, 4.69) is 33.2 Å². The van der Waals surface area contributed by atoms with Crippen LogP contribution in [0.2, 0.25) is 5.02 Å². The average Bonchev–Trinajstić information content (AvgIpc) is 2.86. The second-order valence-electron chi connectivity index (χ2n) is 6.71. The molecule has 0 unspecified atom stereocenters. The normalized spacial score (nSPS) is 18.3. The molecule has 1 aliphatic rings. The van der Waals surface area contributed by atoms with Crippen molar-refractivity contribution in [3.05, 3.63) is 52.4 Å². The Kier molecular flexibility index (Phi) is 6.24. The number of nitrogens with zero attached hydrogens (tertiary/aromatic N) is 3. The minimum Gasteiger partial charge on any atom is -0.384 e. The maximum Gasteiger partial charge on any atom is 0.144 e. The molecule has 2 heterocycles. The summed E-state index contributed by atoms with van der Waals surface area (Å²) in [6.45, 7) is 5.84. The van der Waals surface area contributed by atoms with Crippen molar-refractivity contribution in [1.82, 2.24) is 20.2 Å². The number of nitrogens with two attached hydrogens (primary N) is 1. The number of aromatic nitrogens is 2. The van der Waals surface area contributed by atoms with Gasteiger partial charge in [-0.1, -0.05) is 17.7 Å². The molecule has 134 valence electrons. The number of halogens is 1. The van der Waals surface area contributed by atoms with Gasteiger partial charge in [0.25, 0.3) is 0 Å². The quantitative estimate of drug-likeness (QED) is 0.858. The van der Waals surface area contributed by atoms with Crippen molar-refractivity contribution in [3.8, 4) is 0 Å². The van der Waals surface area contributed by atoms with Crippen LogP contribution in [0.25, 0.3) is 0 Å². The smallest absolute Gasteiger partial charge is 0.144 e. The Bertz CT molecular complexity index is 698. The second kappa shape index (κ2) is 8.61. The van der Waals surface area contributed by atoms with E-state index in [1.807, 2.05) is 12.1 Å². The summed E-state index contributed by atoms with van der Waals surface area (Å²) in [5.74, 6) is 1.30. The molecule has 1 fully saturated rings. The number of aryl methyl sites for hydroxylation is 1. The molecule has 1 aromatic heterocycles. The van der Waals surface area contributed by atoms with Crippen molar-refractivity contribution in [1.29, 1.82) is 0 Å². The number of anilines is 1. The molecular weight excluding hydrogens is 334 g/mol. The number of benzene rings is 1. The molecule has 0 aliphatic carbocycles. The molecule has 0 spiro atoms. The first-order chi connectivity index (χ1) is 12.1. The van der Waals surface area contributed by atoms with Gasteiger partial charge in [-0.3, -0.25) is 4.90 Å². The van der Waals surface area contributed by atoms with E-state index in [-0.39, 0.29) is 0 Å². The number of rotatable bonds is 5. The molecule has 0 amide bonds. The van der Waals surface area contributed by atoms with Crippen LogP contribution in [0.3, 0.4) is 0 Å². The Morgan fingerprint density at radius 3 is 2.92 bits per heavy atom. The maximum absolute atomic E-state index is 6.12.